The normalized spacial score (nSPS) is 12.5. The summed E-state index contributed by atoms with van der Waals surface area (Å²) < 4.78 is 37.6. The molecule has 1 aromatic rings. The van der Waals surface area contributed by atoms with Crippen molar-refractivity contribution in [2.75, 3.05) is 0 Å². The lowest BCUT2D eigenvalue weighted by Gasteiger charge is -2.20. The molecule has 5 heteroatoms. The van der Waals surface area contributed by atoms with E-state index in [0.717, 1.165) is 0 Å². The molecule has 0 aliphatic carbocycles. The van der Waals surface area contributed by atoms with Crippen LogP contribution in [-0.2, 0) is 0 Å². The third-order valence-corrected chi connectivity index (χ3v) is 2.78. The smallest absolute Gasteiger partial charge is 0.197 e. The quantitative estimate of drug-likeness (QED) is 0.773. The minimum absolute atomic E-state index is 0.459. The van der Waals surface area contributed by atoms with Gasteiger partial charge in [-0.3, -0.25) is 0 Å². The molecule has 0 bridgehead atoms. The third kappa shape index (κ3) is 3.86. The summed E-state index contributed by atoms with van der Waals surface area (Å²) in [5, 5.41) is 17.8. The van der Waals surface area contributed by atoms with Gasteiger partial charge in [0.2, 0.25) is 0 Å². The van der Waals surface area contributed by atoms with Crippen LogP contribution >= 0.6 is 0 Å². The molecule has 0 saturated heterocycles. The molecule has 19 heavy (non-hydrogen) atoms. The molecule has 0 radical (unpaired) electrons. The van der Waals surface area contributed by atoms with Crippen molar-refractivity contribution in [2.45, 2.75) is 18.5 Å². The molecule has 98 valence electrons. The Hall–Kier alpha value is -2.27. The number of alkyl halides is 3. The molecule has 0 N–H and O–H groups in total. The standard InChI is InChI=1S/C14H11F3N2/c1-10(14(15,16)17)7-13(12(8-18)9-19)11-5-3-2-4-6-11/h2-6,12-13H,1,7H2. The number of halogens is 3. The monoisotopic (exact) mass is 264 g/mol. The van der Waals surface area contributed by atoms with E-state index in [-0.39, 0.29) is 0 Å². The summed E-state index contributed by atoms with van der Waals surface area (Å²) in [5.41, 5.74) is -0.405. The van der Waals surface area contributed by atoms with Gasteiger partial charge in [0.05, 0.1) is 12.1 Å². The first kappa shape index (κ1) is 14.8. The number of hydrogen-bond donors (Lipinski definition) is 0. The van der Waals surface area contributed by atoms with Crippen LogP contribution in [0.1, 0.15) is 17.9 Å². The molecule has 1 unspecified atom stereocenters. The van der Waals surface area contributed by atoms with Crippen LogP contribution in [0, 0.1) is 28.6 Å². The maximum absolute atomic E-state index is 12.5. The third-order valence-electron chi connectivity index (χ3n) is 2.78. The number of benzene rings is 1. The molecule has 0 heterocycles. The van der Waals surface area contributed by atoms with Gasteiger partial charge in [0, 0.05) is 11.5 Å². The van der Waals surface area contributed by atoms with Gasteiger partial charge >= 0.3 is 6.18 Å². The van der Waals surface area contributed by atoms with Gasteiger partial charge in [0.15, 0.2) is 0 Å². The summed E-state index contributed by atoms with van der Waals surface area (Å²) in [4.78, 5) is 0. The summed E-state index contributed by atoms with van der Waals surface area (Å²) in [7, 11) is 0. The largest absolute Gasteiger partial charge is 0.412 e. The lowest BCUT2D eigenvalue weighted by atomic mass is 9.83. The fourth-order valence-corrected chi connectivity index (χ4v) is 1.72. The van der Waals surface area contributed by atoms with Gasteiger partial charge in [-0.1, -0.05) is 36.9 Å². The Morgan fingerprint density at radius 2 is 1.68 bits per heavy atom. The molecule has 0 fully saturated rings. The molecule has 2 nitrogen and oxygen atoms in total. The molecule has 0 aliphatic heterocycles. The average Bonchev–Trinajstić information content (AvgIpc) is 2.38. The Balaban J connectivity index is 3.06. The second-order valence-electron chi connectivity index (χ2n) is 4.06. The van der Waals surface area contributed by atoms with Crippen LogP contribution in [0.15, 0.2) is 42.5 Å². The van der Waals surface area contributed by atoms with Crippen molar-refractivity contribution in [2.24, 2.45) is 5.92 Å². The van der Waals surface area contributed by atoms with Crippen LogP contribution in [0.25, 0.3) is 0 Å². The van der Waals surface area contributed by atoms with E-state index in [0.29, 0.717) is 5.56 Å². The highest BCUT2D eigenvalue weighted by molar-refractivity contribution is 5.27. The van der Waals surface area contributed by atoms with Gasteiger partial charge in [0.25, 0.3) is 0 Å². The molecule has 0 amide bonds. The maximum Gasteiger partial charge on any atom is 0.412 e. The van der Waals surface area contributed by atoms with Crippen LogP contribution < -0.4 is 0 Å². The summed E-state index contributed by atoms with van der Waals surface area (Å²) in [6, 6.07) is 11.7. The topological polar surface area (TPSA) is 47.6 Å². The molecule has 1 aromatic carbocycles. The van der Waals surface area contributed by atoms with Gasteiger partial charge in [-0.25, -0.2) is 0 Å². The van der Waals surface area contributed by atoms with Crippen LogP contribution in [0.4, 0.5) is 13.2 Å². The summed E-state index contributed by atoms with van der Waals surface area (Å²) >= 11 is 0. The first-order valence-electron chi connectivity index (χ1n) is 5.49. The van der Waals surface area contributed by atoms with Crippen molar-refractivity contribution in [1.82, 2.24) is 0 Å². The summed E-state index contributed by atoms with van der Waals surface area (Å²) in [5.74, 6) is -1.97. The van der Waals surface area contributed by atoms with E-state index < -0.39 is 30.0 Å². The Labute approximate surface area is 109 Å². The lowest BCUT2D eigenvalue weighted by Crippen LogP contribution is -2.17. The van der Waals surface area contributed by atoms with Crippen LogP contribution in [0.3, 0.4) is 0 Å². The zero-order valence-corrected chi connectivity index (χ0v) is 9.98. The number of rotatable bonds is 4. The predicted molar refractivity (Wildman–Crippen MR) is 63.7 cm³/mol. The van der Waals surface area contributed by atoms with Crippen molar-refractivity contribution >= 4 is 0 Å². The molecule has 0 aromatic heterocycles. The van der Waals surface area contributed by atoms with Crippen molar-refractivity contribution in [3.8, 4) is 12.1 Å². The second-order valence-corrected chi connectivity index (χ2v) is 4.06. The highest BCUT2D eigenvalue weighted by Crippen LogP contribution is 2.36. The number of nitriles is 2. The van der Waals surface area contributed by atoms with E-state index >= 15 is 0 Å². The molecule has 1 rings (SSSR count). The van der Waals surface area contributed by atoms with Crippen molar-refractivity contribution in [3.63, 3.8) is 0 Å². The Morgan fingerprint density at radius 1 is 1.16 bits per heavy atom. The zero-order chi connectivity index (χ0) is 14.5. The van der Waals surface area contributed by atoms with Crippen molar-refractivity contribution in [3.05, 3.63) is 48.0 Å². The van der Waals surface area contributed by atoms with E-state index in [4.69, 9.17) is 10.5 Å². The second kappa shape index (κ2) is 6.06. The van der Waals surface area contributed by atoms with E-state index in [1.54, 1.807) is 42.5 Å². The van der Waals surface area contributed by atoms with E-state index in [9.17, 15) is 13.2 Å². The lowest BCUT2D eigenvalue weighted by molar-refractivity contribution is -0.0942. The minimum Gasteiger partial charge on any atom is -0.197 e. The Bertz CT molecular complexity index is 506. The van der Waals surface area contributed by atoms with Gasteiger partial charge in [-0.15, -0.1) is 0 Å². The van der Waals surface area contributed by atoms with E-state index in [1.165, 1.54) is 0 Å². The zero-order valence-electron chi connectivity index (χ0n) is 9.98. The molecule has 1 atom stereocenters. The Morgan fingerprint density at radius 3 is 2.11 bits per heavy atom. The van der Waals surface area contributed by atoms with Gasteiger partial charge in [-0.2, -0.15) is 23.7 Å². The fraction of sp³-hybridized carbons (Fsp3) is 0.286. The molecular formula is C14H11F3N2. The fourth-order valence-electron chi connectivity index (χ4n) is 1.72. The first-order chi connectivity index (χ1) is 8.90. The van der Waals surface area contributed by atoms with E-state index in [2.05, 4.69) is 6.58 Å². The highest BCUT2D eigenvalue weighted by Gasteiger charge is 2.35. The number of allylic oxidation sites excluding steroid dienone is 1. The highest BCUT2D eigenvalue weighted by atomic mass is 19.4. The number of nitrogens with zero attached hydrogens (tertiary/aromatic N) is 2. The molecule has 0 aliphatic rings. The average molecular weight is 264 g/mol. The molecular weight excluding hydrogens is 253 g/mol. The molecule has 0 spiro atoms. The molecule has 0 saturated carbocycles. The summed E-state index contributed by atoms with van der Waals surface area (Å²) in [6.07, 6.45) is -4.97. The Kier molecular flexibility index (Phi) is 4.72. The maximum atomic E-state index is 12.5. The van der Waals surface area contributed by atoms with Crippen molar-refractivity contribution < 1.29 is 13.2 Å². The minimum atomic E-state index is -4.51. The van der Waals surface area contributed by atoms with Crippen LogP contribution in [0.2, 0.25) is 0 Å². The predicted octanol–water partition coefficient (Wildman–Crippen LogP) is 3.94. The van der Waals surface area contributed by atoms with Crippen LogP contribution in [-0.4, -0.2) is 6.18 Å². The van der Waals surface area contributed by atoms with Crippen LogP contribution in [0.5, 0.6) is 0 Å². The van der Waals surface area contributed by atoms with Gasteiger partial charge in [0.1, 0.15) is 5.92 Å². The van der Waals surface area contributed by atoms with E-state index in [1.807, 2.05) is 0 Å². The summed E-state index contributed by atoms with van der Waals surface area (Å²) in [6.45, 7) is 3.00. The number of hydrogen-bond acceptors (Lipinski definition) is 2. The van der Waals surface area contributed by atoms with Crippen molar-refractivity contribution in [1.29, 1.82) is 10.5 Å². The first-order valence-corrected chi connectivity index (χ1v) is 5.49. The van der Waals surface area contributed by atoms with Gasteiger partial charge in [-0.05, 0) is 12.0 Å². The van der Waals surface area contributed by atoms with Gasteiger partial charge < -0.3 is 0 Å². The SMILES string of the molecule is C=C(CC(c1ccccc1)C(C#N)C#N)C(F)(F)F.